The first kappa shape index (κ1) is 54.2. The highest BCUT2D eigenvalue weighted by Crippen LogP contribution is 2.44. The fraction of sp³-hybridized carbons (Fsp3) is 0.0227. The van der Waals surface area contributed by atoms with Crippen molar-refractivity contribution in [2.75, 3.05) is 16.8 Å². The molecule has 0 aliphatic carbocycles. The molecule has 4 heteroatoms. The predicted octanol–water partition coefficient (Wildman–Crippen LogP) is 24.0. The summed E-state index contributed by atoms with van der Waals surface area (Å²) in [6.45, 7) is 0. The summed E-state index contributed by atoms with van der Waals surface area (Å²) in [6.07, 6.45) is 0. The van der Waals surface area contributed by atoms with Gasteiger partial charge in [0.15, 0.2) is 0 Å². The molecule has 0 atom stereocenters. The van der Waals surface area contributed by atoms with Crippen molar-refractivity contribution in [3.8, 4) is 72.4 Å². The van der Waals surface area contributed by atoms with Crippen molar-refractivity contribution in [2.24, 2.45) is 7.05 Å². The van der Waals surface area contributed by atoms with Gasteiger partial charge in [-0.3, -0.25) is 0 Å². The third kappa shape index (κ3) is 9.39. The van der Waals surface area contributed by atoms with Crippen LogP contribution in [-0.2, 0) is 7.05 Å². The molecule has 2 aromatic heterocycles. The van der Waals surface area contributed by atoms with Crippen LogP contribution >= 0.6 is 0 Å². The second-order valence-electron chi connectivity index (χ2n) is 24.1. The molecule has 17 rings (SSSR count). The van der Waals surface area contributed by atoms with Gasteiger partial charge in [0, 0.05) is 80.7 Å². The van der Waals surface area contributed by atoms with E-state index in [1.807, 2.05) is 0 Å². The Morgan fingerprint density at radius 3 is 1.17 bits per heavy atom. The highest BCUT2D eigenvalue weighted by Gasteiger charge is 2.20. The smallest absolute Gasteiger partial charge is 0.0574 e. The molecular formula is C88H62N4. The topological polar surface area (TPSA) is 16.3 Å². The van der Waals surface area contributed by atoms with Crippen LogP contribution in [0.3, 0.4) is 0 Å². The molecule has 17 aromatic rings. The van der Waals surface area contributed by atoms with Crippen LogP contribution < -0.4 is 9.80 Å². The number of aromatic nitrogens is 2. The number of nitrogens with zero attached hydrogens (tertiary/aromatic N) is 4. The third-order valence-electron chi connectivity index (χ3n) is 19.0. The summed E-state index contributed by atoms with van der Waals surface area (Å²) < 4.78 is 4.79. The number of benzene rings is 15. The number of anilines is 5. The van der Waals surface area contributed by atoms with Crippen molar-refractivity contribution < 1.29 is 0 Å². The summed E-state index contributed by atoms with van der Waals surface area (Å²) in [7, 11) is 4.33. The van der Waals surface area contributed by atoms with Crippen molar-refractivity contribution in [1.82, 2.24) is 9.13 Å². The van der Waals surface area contributed by atoms with Gasteiger partial charge >= 0.3 is 0 Å². The molecule has 0 amide bonds. The van der Waals surface area contributed by atoms with Crippen molar-refractivity contribution in [1.29, 1.82) is 0 Å². The normalized spacial score (nSPS) is 11.6. The number of rotatable bonds is 12. The van der Waals surface area contributed by atoms with E-state index in [-0.39, 0.29) is 0 Å². The zero-order valence-corrected chi connectivity index (χ0v) is 51.1. The average Bonchev–Trinajstić information content (AvgIpc) is 1.54. The summed E-state index contributed by atoms with van der Waals surface area (Å²) in [5.41, 5.74) is 25.8. The lowest BCUT2D eigenvalue weighted by Gasteiger charge is -2.26. The quantitative estimate of drug-likeness (QED) is 0.113. The summed E-state index contributed by atoms with van der Waals surface area (Å²) in [6, 6.07) is 124. The molecule has 0 unspecified atom stereocenters. The lowest BCUT2D eigenvalue weighted by atomic mass is 9.95. The molecule has 0 fully saturated rings. The zero-order chi connectivity index (χ0) is 61.2. The summed E-state index contributed by atoms with van der Waals surface area (Å²) in [5.74, 6) is 0. The van der Waals surface area contributed by atoms with Gasteiger partial charge in [-0.2, -0.15) is 0 Å². The van der Waals surface area contributed by atoms with E-state index >= 15 is 0 Å². The Kier molecular flexibility index (Phi) is 13.3. The second kappa shape index (κ2) is 22.6. The van der Waals surface area contributed by atoms with E-state index in [4.69, 9.17) is 0 Å². The maximum Gasteiger partial charge on any atom is 0.0574 e. The Hall–Kier alpha value is -12.0. The van der Waals surface area contributed by atoms with Gasteiger partial charge in [0.1, 0.15) is 0 Å². The van der Waals surface area contributed by atoms with Crippen LogP contribution in [0.2, 0.25) is 0 Å². The van der Waals surface area contributed by atoms with E-state index in [9.17, 15) is 0 Å². The van der Waals surface area contributed by atoms with E-state index in [2.05, 4.69) is 373 Å². The Morgan fingerprint density at radius 2 is 0.620 bits per heavy atom. The largest absolute Gasteiger partial charge is 0.345 e. The molecule has 0 N–H and O–H groups in total. The van der Waals surface area contributed by atoms with Gasteiger partial charge in [0.05, 0.1) is 16.6 Å². The van der Waals surface area contributed by atoms with Gasteiger partial charge in [0.2, 0.25) is 0 Å². The SMILES string of the molecule is CN(c1ccccc1)c1ccc(-c2cccc3c2c2ccccc2n3-c2ccc(-c3ccc(-c4ccc(N(c5ccc(-c6ccccc6)cc5)c5ccc(-c6ccc(-c7ccc8c(c7)c7c9ccccc9c9ccccc9c7n8C)cc6)cc5)cc4)cc3)cc2)cc1. The van der Waals surface area contributed by atoms with Crippen LogP contribution in [0.15, 0.2) is 340 Å². The fourth-order valence-corrected chi connectivity index (χ4v) is 14.3. The van der Waals surface area contributed by atoms with Crippen LogP contribution in [0, 0.1) is 0 Å². The molecular weight excluding hydrogens is 1110 g/mol. The molecule has 0 aliphatic heterocycles. The molecule has 92 heavy (non-hydrogen) atoms. The highest BCUT2D eigenvalue weighted by atomic mass is 15.1. The van der Waals surface area contributed by atoms with E-state index in [0.29, 0.717) is 0 Å². The van der Waals surface area contributed by atoms with Gasteiger partial charge in [0.25, 0.3) is 0 Å². The molecule has 0 radical (unpaired) electrons. The number of para-hydroxylation sites is 2. The number of hydrogen-bond acceptors (Lipinski definition) is 2. The van der Waals surface area contributed by atoms with Gasteiger partial charge in [-0.1, -0.05) is 243 Å². The predicted molar refractivity (Wildman–Crippen MR) is 392 cm³/mol. The van der Waals surface area contributed by atoms with Crippen molar-refractivity contribution in [2.45, 2.75) is 0 Å². The summed E-state index contributed by atoms with van der Waals surface area (Å²) in [4.78, 5) is 4.58. The molecule has 15 aromatic carbocycles. The zero-order valence-electron chi connectivity index (χ0n) is 51.1. The van der Waals surface area contributed by atoms with Crippen LogP contribution in [0.4, 0.5) is 28.4 Å². The van der Waals surface area contributed by atoms with Gasteiger partial charge in [-0.25, -0.2) is 0 Å². The van der Waals surface area contributed by atoms with E-state index in [0.717, 1.165) is 39.7 Å². The molecule has 0 spiro atoms. The molecule has 0 aliphatic rings. The first-order valence-electron chi connectivity index (χ1n) is 31.7. The minimum atomic E-state index is 1.08. The molecule has 0 saturated carbocycles. The van der Waals surface area contributed by atoms with Crippen LogP contribution in [0.1, 0.15) is 0 Å². The molecule has 0 saturated heterocycles. The van der Waals surface area contributed by atoms with Crippen LogP contribution in [0.5, 0.6) is 0 Å². The standard InChI is InChI=1S/C88H62N4/c1-89(70-18-7-4-8-19-70)71-47-44-68(45-48-71)76-25-15-27-85-86(76)81-24-13-14-26-84(81)92(85)75-55-42-66(43-56-75)61-30-28-60(29-31-61)64-38-51-73(52-39-64)91(72-49-36-63(37-50-72)59-16-5-3-6-17-59)74-53-40-65(41-54-74)62-32-34-67(35-33-62)69-46-57-83-82(58-69)87-79-22-11-9-20-77(79)78-21-10-12-23-80(78)88(87)90(83)2/h3-58H,1-2H3. The highest BCUT2D eigenvalue weighted by molar-refractivity contribution is 6.32. The Bertz CT molecular complexity index is 5570. The number of aryl methyl sites for hydroxylation is 1. The Balaban J connectivity index is 0.634. The van der Waals surface area contributed by atoms with Gasteiger partial charge < -0.3 is 18.9 Å². The minimum absolute atomic E-state index is 1.08. The Labute approximate surface area is 535 Å². The van der Waals surface area contributed by atoms with E-state index < -0.39 is 0 Å². The molecule has 2 heterocycles. The fourth-order valence-electron chi connectivity index (χ4n) is 14.3. The lowest BCUT2D eigenvalue weighted by molar-refractivity contribution is 1.02. The first-order valence-corrected chi connectivity index (χ1v) is 31.7. The molecule has 434 valence electrons. The first-order chi connectivity index (χ1) is 45.5. The third-order valence-corrected chi connectivity index (χ3v) is 19.0. The van der Waals surface area contributed by atoms with Gasteiger partial charge in [-0.15, -0.1) is 0 Å². The number of hydrogen-bond donors (Lipinski definition) is 0. The number of fused-ring (bicyclic) bond motifs is 11. The maximum atomic E-state index is 2.41. The lowest BCUT2D eigenvalue weighted by Crippen LogP contribution is -2.09. The van der Waals surface area contributed by atoms with Crippen molar-refractivity contribution in [3.63, 3.8) is 0 Å². The Morgan fingerprint density at radius 1 is 0.239 bits per heavy atom. The van der Waals surface area contributed by atoms with Crippen molar-refractivity contribution >= 4 is 93.6 Å². The van der Waals surface area contributed by atoms with E-state index in [1.54, 1.807) is 0 Å². The van der Waals surface area contributed by atoms with Crippen molar-refractivity contribution in [3.05, 3.63) is 340 Å². The molecule has 4 nitrogen and oxygen atoms in total. The summed E-state index contributed by atoms with van der Waals surface area (Å²) in [5, 5.41) is 10.3. The average molecular weight is 1180 g/mol. The van der Waals surface area contributed by atoms with Gasteiger partial charge in [-0.05, 0) is 180 Å². The van der Waals surface area contributed by atoms with Crippen LogP contribution in [-0.4, -0.2) is 16.2 Å². The molecule has 0 bridgehead atoms. The van der Waals surface area contributed by atoms with E-state index in [1.165, 1.54) is 126 Å². The minimum Gasteiger partial charge on any atom is -0.345 e. The van der Waals surface area contributed by atoms with Crippen LogP contribution in [0.25, 0.3) is 138 Å². The maximum absolute atomic E-state index is 2.41. The summed E-state index contributed by atoms with van der Waals surface area (Å²) >= 11 is 0. The monoisotopic (exact) mass is 1170 g/mol. The second-order valence-corrected chi connectivity index (χ2v) is 24.1.